The normalized spacial score (nSPS) is 30.4. The van der Waals surface area contributed by atoms with Gasteiger partial charge in [-0.05, 0) is 24.8 Å². The predicted octanol–water partition coefficient (Wildman–Crippen LogP) is 0.826. The lowest BCUT2D eigenvalue weighted by atomic mass is 9.98. The fourth-order valence-corrected chi connectivity index (χ4v) is 2.41. The zero-order valence-electron chi connectivity index (χ0n) is 9.56. The Hall–Kier alpha value is -0.870. The summed E-state index contributed by atoms with van der Waals surface area (Å²) >= 11 is 0. The maximum atomic E-state index is 11.7. The van der Waals surface area contributed by atoms with Crippen molar-refractivity contribution in [3.63, 3.8) is 0 Å². The molecule has 2 aliphatic rings. The molecule has 0 aromatic carbocycles. The van der Waals surface area contributed by atoms with Crippen molar-refractivity contribution in [3.05, 3.63) is 12.7 Å². The van der Waals surface area contributed by atoms with Crippen LogP contribution in [0, 0.1) is 5.92 Å². The van der Waals surface area contributed by atoms with Gasteiger partial charge in [-0.3, -0.25) is 4.79 Å². The zero-order valence-corrected chi connectivity index (χ0v) is 9.56. The third-order valence-electron chi connectivity index (χ3n) is 3.31. The Bertz CT molecular complexity index is 261. The lowest BCUT2D eigenvalue weighted by molar-refractivity contribution is -0.135. The van der Waals surface area contributed by atoms with Crippen LogP contribution in [0.5, 0.6) is 0 Å². The highest BCUT2D eigenvalue weighted by atomic mass is 16.5. The first-order valence-electron chi connectivity index (χ1n) is 5.90. The minimum absolute atomic E-state index is 0.0206. The highest BCUT2D eigenvalue weighted by Gasteiger charge is 2.29. The Kier molecular flexibility index (Phi) is 3.96. The topological polar surface area (TPSA) is 38.8 Å². The third kappa shape index (κ3) is 2.62. The van der Waals surface area contributed by atoms with Gasteiger partial charge in [0.1, 0.15) is 0 Å². The molecule has 0 saturated carbocycles. The van der Waals surface area contributed by atoms with E-state index in [0.29, 0.717) is 25.7 Å². The number of amides is 1. The zero-order chi connectivity index (χ0) is 11.4. The summed E-state index contributed by atoms with van der Waals surface area (Å²) < 4.78 is 10.8. The van der Waals surface area contributed by atoms with E-state index in [0.717, 1.165) is 26.1 Å². The summed E-state index contributed by atoms with van der Waals surface area (Å²) in [5.41, 5.74) is 0. The number of hydrogen-bond donors (Lipinski definition) is 0. The molecule has 2 atom stereocenters. The Balaban J connectivity index is 1.92. The van der Waals surface area contributed by atoms with E-state index in [4.69, 9.17) is 9.47 Å². The van der Waals surface area contributed by atoms with Crippen LogP contribution in [0.4, 0.5) is 0 Å². The van der Waals surface area contributed by atoms with Crippen molar-refractivity contribution in [2.45, 2.75) is 18.9 Å². The van der Waals surface area contributed by atoms with Gasteiger partial charge in [0.2, 0.25) is 5.91 Å². The summed E-state index contributed by atoms with van der Waals surface area (Å²) in [6.45, 7) is 7.19. The van der Waals surface area contributed by atoms with E-state index in [1.165, 1.54) is 6.08 Å². The molecule has 2 saturated heterocycles. The molecule has 2 fully saturated rings. The monoisotopic (exact) mass is 225 g/mol. The molecular weight excluding hydrogens is 206 g/mol. The maximum Gasteiger partial charge on any atom is 0.246 e. The number of carbonyl (C=O) groups excluding carboxylic acids is 1. The Labute approximate surface area is 96.2 Å². The molecule has 0 spiro atoms. The molecule has 0 aliphatic carbocycles. The molecule has 4 heteroatoms. The van der Waals surface area contributed by atoms with Gasteiger partial charge >= 0.3 is 0 Å². The van der Waals surface area contributed by atoms with Crippen LogP contribution in [0.2, 0.25) is 0 Å². The number of nitrogens with zero attached hydrogens (tertiary/aromatic N) is 1. The van der Waals surface area contributed by atoms with Crippen molar-refractivity contribution in [2.24, 2.45) is 5.92 Å². The average Bonchev–Trinajstić information content (AvgIpc) is 2.82. The molecule has 0 bridgehead atoms. The van der Waals surface area contributed by atoms with Gasteiger partial charge in [0.05, 0.1) is 19.3 Å². The fourth-order valence-electron chi connectivity index (χ4n) is 2.41. The van der Waals surface area contributed by atoms with Crippen LogP contribution < -0.4 is 0 Å². The summed E-state index contributed by atoms with van der Waals surface area (Å²) in [6, 6.07) is 0.200. The van der Waals surface area contributed by atoms with Crippen molar-refractivity contribution in [2.75, 3.05) is 33.0 Å². The van der Waals surface area contributed by atoms with E-state index < -0.39 is 0 Å². The maximum absolute atomic E-state index is 11.7. The van der Waals surface area contributed by atoms with Crippen molar-refractivity contribution in [1.82, 2.24) is 4.90 Å². The fraction of sp³-hybridized carbons (Fsp3) is 0.750. The summed E-state index contributed by atoms with van der Waals surface area (Å²) in [5.74, 6) is 0.596. The molecule has 0 aromatic heterocycles. The van der Waals surface area contributed by atoms with E-state index in [9.17, 15) is 4.79 Å². The lowest BCUT2D eigenvalue weighted by Crippen LogP contribution is -2.48. The molecule has 90 valence electrons. The first-order valence-corrected chi connectivity index (χ1v) is 5.90. The van der Waals surface area contributed by atoms with Gasteiger partial charge in [0.15, 0.2) is 0 Å². The van der Waals surface area contributed by atoms with Crippen molar-refractivity contribution in [3.8, 4) is 0 Å². The molecule has 2 unspecified atom stereocenters. The summed E-state index contributed by atoms with van der Waals surface area (Å²) in [6.07, 6.45) is 3.48. The molecule has 0 aromatic rings. The van der Waals surface area contributed by atoms with Gasteiger partial charge < -0.3 is 14.4 Å². The third-order valence-corrected chi connectivity index (χ3v) is 3.31. The second kappa shape index (κ2) is 5.46. The van der Waals surface area contributed by atoms with Crippen LogP contribution in [-0.4, -0.2) is 49.8 Å². The second-order valence-corrected chi connectivity index (χ2v) is 4.43. The minimum atomic E-state index is 0.0206. The number of ether oxygens (including phenoxy) is 2. The summed E-state index contributed by atoms with van der Waals surface area (Å²) in [5, 5.41) is 0. The van der Waals surface area contributed by atoms with Crippen molar-refractivity contribution in [1.29, 1.82) is 0 Å². The SMILES string of the molecule is C=CC(=O)N1CCOCC1CC1CCOC1. The number of carbonyl (C=O) groups is 1. The first kappa shape index (κ1) is 11.6. The molecular formula is C12H19NO3. The standard InChI is InChI=1S/C12H19NO3/c1-2-12(14)13-4-6-16-9-11(13)7-10-3-5-15-8-10/h2,10-11H,1,3-9H2. The predicted molar refractivity (Wildman–Crippen MR) is 60.1 cm³/mol. The van der Waals surface area contributed by atoms with Crippen LogP contribution >= 0.6 is 0 Å². The quantitative estimate of drug-likeness (QED) is 0.668. The lowest BCUT2D eigenvalue weighted by Gasteiger charge is -2.36. The average molecular weight is 225 g/mol. The van der Waals surface area contributed by atoms with E-state index in [1.807, 2.05) is 4.90 Å². The van der Waals surface area contributed by atoms with E-state index in [2.05, 4.69) is 6.58 Å². The second-order valence-electron chi connectivity index (χ2n) is 4.43. The Morgan fingerprint density at radius 2 is 2.19 bits per heavy atom. The molecule has 2 heterocycles. The molecule has 0 radical (unpaired) electrons. The first-order chi connectivity index (χ1) is 7.81. The van der Waals surface area contributed by atoms with Crippen molar-refractivity contribution < 1.29 is 14.3 Å². The number of morpholine rings is 1. The van der Waals surface area contributed by atoms with Gasteiger partial charge in [-0.25, -0.2) is 0 Å². The summed E-state index contributed by atoms with van der Waals surface area (Å²) in [4.78, 5) is 13.6. The van der Waals surface area contributed by atoms with Gasteiger partial charge in [0.25, 0.3) is 0 Å². The Morgan fingerprint density at radius 3 is 2.88 bits per heavy atom. The number of rotatable bonds is 3. The molecule has 4 nitrogen and oxygen atoms in total. The van der Waals surface area contributed by atoms with Crippen molar-refractivity contribution >= 4 is 5.91 Å². The molecule has 1 amide bonds. The van der Waals surface area contributed by atoms with Gasteiger partial charge in [-0.2, -0.15) is 0 Å². The molecule has 0 N–H and O–H groups in total. The van der Waals surface area contributed by atoms with Crippen LogP contribution in [0.1, 0.15) is 12.8 Å². The smallest absolute Gasteiger partial charge is 0.246 e. The highest BCUT2D eigenvalue weighted by molar-refractivity contribution is 5.87. The Morgan fingerprint density at radius 1 is 1.38 bits per heavy atom. The number of hydrogen-bond acceptors (Lipinski definition) is 3. The van der Waals surface area contributed by atoms with Crippen LogP contribution in [0.25, 0.3) is 0 Å². The van der Waals surface area contributed by atoms with Gasteiger partial charge in [0, 0.05) is 19.8 Å². The van der Waals surface area contributed by atoms with Gasteiger partial charge in [-0.1, -0.05) is 6.58 Å². The van der Waals surface area contributed by atoms with Crippen LogP contribution in [0.3, 0.4) is 0 Å². The summed E-state index contributed by atoms with van der Waals surface area (Å²) in [7, 11) is 0. The van der Waals surface area contributed by atoms with E-state index >= 15 is 0 Å². The molecule has 16 heavy (non-hydrogen) atoms. The van der Waals surface area contributed by atoms with E-state index in [1.54, 1.807) is 0 Å². The van der Waals surface area contributed by atoms with E-state index in [-0.39, 0.29) is 11.9 Å². The minimum Gasteiger partial charge on any atom is -0.381 e. The van der Waals surface area contributed by atoms with Crippen LogP contribution in [-0.2, 0) is 14.3 Å². The van der Waals surface area contributed by atoms with Gasteiger partial charge in [-0.15, -0.1) is 0 Å². The molecule has 2 rings (SSSR count). The highest BCUT2D eigenvalue weighted by Crippen LogP contribution is 2.22. The molecule has 2 aliphatic heterocycles. The largest absolute Gasteiger partial charge is 0.381 e. The van der Waals surface area contributed by atoms with Crippen LogP contribution in [0.15, 0.2) is 12.7 Å².